The first-order valence-electron chi connectivity index (χ1n) is 2.93. The van der Waals surface area contributed by atoms with E-state index in [4.69, 9.17) is 5.73 Å². The predicted molar refractivity (Wildman–Crippen MR) is 41.2 cm³/mol. The lowest BCUT2D eigenvalue weighted by atomic mass is 10.3. The van der Waals surface area contributed by atoms with Gasteiger partial charge in [-0.3, -0.25) is 4.98 Å². The Balaban J connectivity index is 3.00. The van der Waals surface area contributed by atoms with E-state index in [2.05, 4.69) is 16.5 Å². The molecule has 0 aliphatic carbocycles. The Hall–Kier alpha value is -1.38. The number of rotatable bonds is 1. The number of nitrogens with two attached hydrogens (primary N) is 1. The summed E-state index contributed by atoms with van der Waals surface area (Å²) in [6.45, 7) is 5.59. The maximum absolute atomic E-state index is 5.32. The maximum atomic E-state index is 5.32. The number of nitrogen functional groups attached to an aromatic ring is 1. The Bertz CT molecular complexity index is 238. The SMILES string of the molecule is C=C(C)c1cnc(N)cn1. The van der Waals surface area contributed by atoms with Crippen molar-refractivity contribution in [3.63, 3.8) is 0 Å². The monoisotopic (exact) mass is 135 g/mol. The highest BCUT2D eigenvalue weighted by molar-refractivity contribution is 5.56. The van der Waals surface area contributed by atoms with E-state index in [0.717, 1.165) is 11.3 Å². The van der Waals surface area contributed by atoms with E-state index in [9.17, 15) is 0 Å². The molecule has 0 bridgehead atoms. The van der Waals surface area contributed by atoms with Crippen molar-refractivity contribution >= 4 is 11.4 Å². The van der Waals surface area contributed by atoms with Gasteiger partial charge in [-0.15, -0.1) is 0 Å². The van der Waals surface area contributed by atoms with Crippen molar-refractivity contribution in [3.8, 4) is 0 Å². The van der Waals surface area contributed by atoms with Crippen molar-refractivity contribution in [3.05, 3.63) is 24.7 Å². The zero-order valence-electron chi connectivity index (χ0n) is 5.83. The highest BCUT2D eigenvalue weighted by Crippen LogP contribution is 2.05. The second-order valence-corrected chi connectivity index (χ2v) is 2.11. The van der Waals surface area contributed by atoms with Crippen LogP contribution in [0.5, 0.6) is 0 Å². The van der Waals surface area contributed by atoms with Crippen LogP contribution in [-0.2, 0) is 0 Å². The average molecular weight is 135 g/mol. The zero-order chi connectivity index (χ0) is 7.56. The fourth-order valence-electron chi connectivity index (χ4n) is 0.558. The molecule has 0 aliphatic heterocycles. The summed E-state index contributed by atoms with van der Waals surface area (Å²) in [7, 11) is 0. The Labute approximate surface area is 59.6 Å². The molecule has 0 saturated carbocycles. The Morgan fingerprint density at radius 1 is 1.50 bits per heavy atom. The van der Waals surface area contributed by atoms with Gasteiger partial charge in [0.1, 0.15) is 5.82 Å². The third-order valence-corrected chi connectivity index (χ3v) is 1.11. The Morgan fingerprint density at radius 3 is 2.60 bits per heavy atom. The summed E-state index contributed by atoms with van der Waals surface area (Å²) in [4.78, 5) is 7.85. The van der Waals surface area contributed by atoms with Crippen molar-refractivity contribution < 1.29 is 0 Å². The highest BCUT2D eigenvalue weighted by Gasteiger charge is 1.92. The highest BCUT2D eigenvalue weighted by atomic mass is 14.9. The van der Waals surface area contributed by atoms with Crippen LogP contribution in [0.15, 0.2) is 19.0 Å². The van der Waals surface area contributed by atoms with Crippen LogP contribution in [0.2, 0.25) is 0 Å². The topological polar surface area (TPSA) is 51.8 Å². The summed E-state index contributed by atoms with van der Waals surface area (Å²) in [5.41, 5.74) is 7.01. The van der Waals surface area contributed by atoms with E-state index in [1.54, 1.807) is 6.20 Å². The molecule has 0 aliphatic rings. The number of allylic oxidation sites excluding steroid dienone is 1. The minimum atomic E-state index is 0.435. The summed E-state index contributed by atoms with van der Waals surface area (Å²) in [6, 6.07) is 0. The summed E-state index contributed by atoms with van der Waals surface area (Å²) >= 11 is 0. The Kier molecular flexibility index (Phi) is 1.67. The quantitative estimate of drug-likeness (QED) is 0.627. The second-order valence-electron chi connectivity index (χ2n) is 2.11. The predicted octanol–water partition coefficient (Wildman–Crippen LogP) is 1.09. The van der Waals surface area contributed by atoms with Crippen LogP contribution < -0.4 is 5.73 Å². The number of anilines is 1. The molecule has 10 heavy (non-hydrogen) atoms. The number of aromatic nitrogens is 2. The second kappa shape index (κ2) is 2.47. The van der Waals surface area contributed by atoms with Crippen LogP contribution in [0.1, 0.15) is 12.6 Å². The van der Waals surface area contributed by atoms with Crippen LogP contribution in [0.3, 0.4) is 0 Å². The third-order valence-electron chi connectivity index (χ3n) is 1.11. The molecule has 1 aromatic heterocycles. The summed E-state index contributed by atoms with van der Waals surface area (Å²) < 4.78 is 0. The third kappa shape index (κ3) is 1.31. The smallest absolute Gasteiger partial charge is 0.141 e. The van der Waals surface area contributed by atoms with Gasteiger partial charge in [0.15, 0.2) is 0 Å². The minimum Gasteiger partial charge on any atom is -0.382 e. The lowest BCUT2D eigenvalue weighted by Gasteiger charge is -1.96. The van der Waals surface area contributed by atoms with Gasteiger partial charge in [-0.25, -0.2) is 4.98 Å². The molecule has 0 unspecified atom stereocenters. The zero-order valence-corrected chi connectivity index (χ0v) is 5.83. The van der Waals surface area contributed by atoms with Gasteiger partial charge in [-0.2, -0.15) is 0 Å². The molecule has 0 radical (unpaired) electrons. The van der Waals surface area contributed by atoms with Crippen molar-refractivity contribution in [1.82, 2.24) is 9.97 Å². The van der Waals surface area contributed by atoms with Gasteiger partial charge in [-0.05, 0) is 12.5 Å². The molecule has 0 fully saturated rings. The molecule has 0 saturated heterocycles. The van der Waals surface area contributed by atoms with Crippen molar-refractivity contribution in [2.75, 3.05) is 5.73 Å². The molecule has 0 atom stereocenters. The molecule has 1 aromatic rings. The van der Waals surface area contributed by atoms with Gasteiger partial charge >= 0.3 is 0 Å². The molecule has 0 amide bonds. The summed E-state index contributed by atoms with van der Waals surface area (Å²) in [6.07, 6.45) is 3.13. The van der Waals surface area contributed by atoms with E-state index in [1.165, 1.54) is 6.20 Å². The van der Waals surface area contributed by atoms with Gasteiger partial charge in [0, 0.05) is 0 Å². The van der Waals surface area contributed by atoms with Crippen LogP contribution >= 0.6 is 0 Å². The normalized spacial score (nSPS) is 9.30. The van der Waals surface area contributed by atoms with E-state index < -0.39 is 0 Å². The first kappa shape index (κ1) is 6.74. The van der Waals surface area contributed by atoms with Gasteiger partial charge in [0.05, 0.1) is 18.1 Å². The van der Waals surface area contributed by atoms with Crippen LogP contribution in [-0.4, -0.2) is 9.97 Å². The van der Waals surface area contributed by atoms with Gasteiger partial charge in [0.2, 0.25) is 0 Å². The molecule has 1 heterocycles. The molecular formula is C7H9N3. The summed E-state index contributed by atoms with van der Waals surface area (Å²) in [5.74, 6) is 0.435. The minimum absolute atomic E-state index is 0.435. The van der Waals surface area contributed by atoms with Crippen molar-refractivity contribution in [1.29, 1.82) is 0 Å². The van der Waals surface area contributed by atoms with Gasteiger partial charge < -0.3 is 5.73 Å². The Morgan fingerprint density at radius 2 is 2.20 bits per heavy atom. The molecule has 3 nitrogen and oxygen atoms in total. The molecule has 0 aromatic carbocycles. The van der Waals surface area contributed by atoms with Crippen molar-refractivity contribution in [2.24, 2.45) is 0 Å². The standard InChI is InChI=1S/C7H9N3/c1-5(2)6-3-10-7(8)4-9-6/h3-4H,1H2,2H3,(H2,8,10). The maximum Gasteiger partial charge on any atom is 0.141 e. The van der Waals surface area contributed by atoms with E-state index in [1.807, 2.05) is 6.92 Å². The first-order valence-corrected chi connectivity index (χ1v) is 2.93. The van der Waals surface area contributed by atoms with Gasteiger partial charge in [0.25, 0.3) is 0 Å². The van der Waals surface area contributed by atoms with E-state index >= 15 is 0 Å². The molecule has 1 rings (SSSR count). The average Bonchev–Trinajstić information content (AvgIpc) is 1.88. The number of hydrogen-bond donors (Lipinski definition) is 1. The van der Waals surface area contributed by atoms with Crippen LogP contribution in [0.25, 0.3) is 5.57 Å². The number of hydrogen-bond acceptors (Lipinski definition) is 3. The first-order chi connectivity index (χ1) is 4.70. The molecular weight excluding hydrogens is 126 g/mol. The molecule has 0 spiro atoms. The molecule has 3 heteroatoms. The van der Waals surface area contributed by atoms with Crippen molar-refractivity contribution in [2.45, 2.75) is 6.92 Å². The number of nitrogens with zero attached hydrogens (tertiary/aromatic N) is 2. The van der Waals surface area contributed by atoms with Crippen LogP contribution in [0.4, 0.5) is 5.82 Å². The fraction of sp³-hybridized carbons (Fsp3) is 0.143. The fourth-order valence-corrected chi connectivity index (χ4v) is 0.558. The molecule has 52 valence electrons. The van der Waals surface area contributed by atoms with Gasteiger partial charge in [-0.1, -0.05) is 6.58 Å². The largest absolute Gasteiger partial charge is 0.382 e. The molecule has 2 N–H and O–H groups in total. The summed E-state index contributed by atoms with van der Waals surface area (Å²) in [5, 5.41) is 0. The van der Waals surface area contributed by atoms with E-state index in [-0.39, 0.29) is 0 Å². The lowest BCUT2D eigenvalue weighted by Crippen LogP contribution is -1.93. The lowest BCUT2D eigenvalue weighted by molar-refractivity contribution is 1.17. The van der Waals surface area contributed by atoms with E-state index in [0.29, 0.717) is 5.82 Å². The van der Waals surface area contributed by atoms with Crippen LogP contribution in [0, 0.1) is 0 Å².